The summed E-state index contributed by atoms with van der Waals surface area (Å²) < 4.78 is 37.4. The van der Waals surface area contributed by atoms with Crippen molar-refractivity contribution in [2.24, 2.45) is 4.99 Å². The number of hydrogen-bond acceptors (Lipinski definition) is 5. The van der Waals surface area contributed by atoms with Crippen LogP contribution in [-0.4, -0.2) is 32.1 Å². The summed E-state index contributed by atoms with van der Waals surface area (Å²) in [5.74, 6) is -0.461. The van der Waals surface area contributed by atoms with Gasteiger partial charge in [0, 0.05) is 28.9 Å². The summed E-state index contributed by atoms with van der Waals surface area (Å²) >= 11 is 4.90. The SMILES string of the molecule is CCOCCn1c(=NC(=O)c2cccc(NS(=O)(=O)c3ccc(C)cc3)c2)sc2cc(Br)ccc21. The fraction of sp³-hybridized carbons (Fsp3) is 0.200. The number of sulfonamides is 1. The third-order valence-electron chi connectivity index (χ3n) is 5.20. The molecule has 0 bridgehead atoms. The summed E-state index contributed by atoms with van der Waals surface area (Å²) in [5, 5.41) is 0. The number of nitrogens with one attached hydrogen (secondary N) is 1. The lowest BCUT2D eigenvalue weighted by molar-refractivity contribution is 0.0996. The Morgan fingerprint density at radius 3 is 2.63 bits per heavy atom. The van der Waals surface area contributed by atoms with Gasteiger partial charge in [-0.1, -0.05) is 51.0 Å². The molecule has 182 valence electrons. The predicted molar refractivity (Wildman–Crippen MR) is 142 cm³/mol. The van der Waals surface area contributed by atoms with Gasteiger partial charge in [0.15, 0.2) is 4.80 Å². The van der Waals surface area contributed by atoms with Crippen molar-refractivity contribution < 1.29 is 17.9 Å². The van der Waals surface area contributed by atoms with Crippen LogP contribution in [0.15, 0.2) is 81.1 Å². The number of ether oxygens (including phenoxy) is 1. The third-order valence-corrected chi connectivity index (χ3v) is 8.13. The fourth-order valence-corrected chi connectivity index (χ4v) is 6.10. The first-order chi connectivity index (χ1) is 16.8. The Bertz CT molecular complexity index is 1540. The molecule has 4 aromatic rings. The number of benzene rings is 3. The predicted octanol–water partition coefficient (Wildman–Crippen LogP) is 5.35. The van der Waals surface area contributed by atoms with E-state index >= 15 is 0 Å². The van der Waals surface area contributed by atoms with Gasteiger partial charge in [-0.05, 0) is 62.4 Å². The Morgan fingerprint density at radius 1 is 1.11 bits per heavy atom. The summed E-state index contributed by atoms with van der Waals surface area (Å²) in [5.41, 5.74) is 2.49. The van der Waals surface area contributed by atoms with E-state index in [2.05, 4.69) is 25.6 Å². The Labute approximate surface area is 216 Å². The van der Waals surface area contributed by atoms with Crippen molar-refractivity contribution in [3.63, 3.8) is 0 Å². The van der Waals surface area contributed by atoms with Gasteiger partial charge in [0.2, 0.25) is 0 Å². The molecule has 1 N–H and O–H groups in total. The molecular weight excluding hydrogens is 550 g/mol. The molecule has 1 amide bonds. The fourth-order valence-electron chi connectivity index (χ4n) is 3.45. The number of thiazole rings is 1. The number of aryl methyl sites for hydroxylation is 1. The first kappa shape index (κ1) is 25.3. The molecule has 0 fully saturated rings. The average Bonchev–Trinajstić information content (AvgIpc) is 3.15. The molecule has 0 aliphatic heterocycles. The summed E-state index contributed by atoms with van der Waals surface area (Å²) in [6.07, 6.45) is 0. The molecule has 0 spiro atoms. The largest absolute Gasteiger partial charge is 0.380 e. The monoisotopic (exact) mass is 573 g/mol. The summed E-state index contributed by atoms with van der Waals surface area (Å²) in [4.78, 5) is 18.1. The zero-order chi connectivity index (χ0) is 25.0. The lowest BCUT2D eigenvalue weighted by atomic mass is 10.2. The van der Waals surface area contributed by atoms with Crippen LogP contribution in [0.5, 0.6) is 0 Å². The average molecular weight is 575 g/mol. The molecule has 1 heterocycles. The topological polar surface area (TPSA) is 89.8 Å². The summed E-state index contributed by atoms with van der Waals surface area (Å²) in [6, 6.07) is 18.8. The molecule has 4 rings (SSSR count). The number of hydrogen-bond donors (Lipinski definition) is 1. The molecule has 1 aromatic heterocycles. The van der Waals surface area contributed by atoms with E-state index in [1.165, 1.54) is 17.4 Å². The number of carbonyl (C=O) groups is 1. The van der Waals surface area contributed by atoms with E-state index in [1.807, 2.05) is 36.6 Å². The van der Waals surface area contributed by atoms with Crippen molar-refractivity contribution in [2.75, 3.05) is 17.9 Å². The van der Waals surface area contributed by atoms with Gasteiger partial charge >= 0.3 is 0 Å². The smallest absolute Gasteiger partial charge is 0.279 e. The second kappa shape index (κ2) is 10.9. The minimum absolute atomic E-state index is 0.149. The van der Waals surface area contributed by atoms with Gasteiger partial charge in [0.05, 0.1) is 21.7 Å². The Morgan fingerprint density at radius 2 is 1.89 bits per heavy atom. The van der Waals surface area contributed by atoms with Gasteiger partial charge in [0.25, 0.3) is 15.9 Å². The summed E-state index contributed by atoms with van der Waals surface area (Å²) in [6.45, 7) is 5.47. The Kier molecular flexibility index (Phi) is 7.85. The second-order valence-corrected chi connectivity index (χ2v) is 11.4. The lowest BCUT2D eigenvalue weighted by Gasteiger charge is -2.09. The molecule has 3 aromatic carbocycles. The first-order valence-corrected chi connectivity index (χ1v) is 14.0. The van der Waals surface area contributed by atoms with Gasteiger partial charge in [-0.15, -0.1) is 0 Å². The maximum atomic E-state index is 13.1. The third kappa shape index (κ3) is 6.07. The Hall–Kier alpha value is -2.79. The van der Waals surface area contributed by atoms with Gasteiger partial charge in [-0.25, -0.2) is 8.42 Å². The van der Waals surface area contributed by atoms with Crippen LogP contribution >= 0.6 is 27.3 Å². The van der Waals surface area contributed by atoms with Crippen LogP contribution in [0.25, 0.3) is 10.2 Å². The van der Waals surface area contributed by atoms with Gasteiger partial charge < -0.3 is 9.30 Å². The van der Waals surface area contributed by atoms with Crippen molar-refractivity contribution in [1.82, 2.24) is 4.57 Å². The number of halogens is 1. The zero-order valence-electron chi connectivity index (χ0n) is 19.2. The maximum Gasteiger partial charge on any atom is 0.279 e. The molecule has 0 radical (unpaired) electrons. The molecule has 0 atom stereocenters. The number of rotatable bonds is 8. The van der Waals surface area contributed by atoms with Crippen molar-refractivity contribution in [3.05, 3.63) is 87.1 Å². The number of amides is 1. The quantitative estimate of drug-likeness (QED) is 0.287. The van der Waals surface area contributed by atoms with Crippen LogP contribution in [-0.2, 0) is 21.3 Å². The van der Waals surface area contributed by atoms with Gasteiger partial charge in [-0.2, -0.15) is 4.99 Å². The summed E-state index contributed by atoms with van der Waals surface area (Å²) in [7, 11) is -3.78. The van der Waals surface area contributed by atoms with E-state index in [1.54, 1.807) is 42.5 Å². The highest BCUT2D eigenvalue weighted by molar-refractivity contribution is 9.10. The van der Waals surface area contributed by atoms with Crippen LogP contribution in [0, 0.1) is 6.92 Å². The normalized spacial score (nSPS) is 12.3. The van der Waals surface area contributed by atoms with Crippen LogP contribution in [0.3, 0.4) is 0 Å². The molecule has 0 aliphatic carbocycles. The van der Waals surface area contributed by atoms with Crippen molar-refractivity contribution >= 4 is 59.1 Å². The van der Waals surface area contributed by atoms with E-state index in [0.29, 0.717) is 24.6 Å². The highest BCUT2D eigenvalue weighted by atomic mass is 79.9. The molecule has 0 aliphatic rings. The number of carbonyl (C=O) groups excluding carboxylic acids is 1. The zero-order valence-corrected chi connectivity index (χ0v) is 22.4. The molecule has 35 heavy (non-hydrogen) atoms. The molecule has 7 nitrogen and oxygen atoms in total. The minimum Gasteiger partial charge on any atom is -0.380 e. The number of anilines is 1. The Balaban J connectivity index is 1.65. The van der Waals surface area contributed by atoms with Crippen LogP contribution in [0.4, 0.5) is 5.69 Å². The number of aromatic nitrogens is 1. The van der Waals surface area contributed by atoms with Crippen LogP contribution in [0.1, 0.15) is 22.8 Å². The highest BCUT2D eigenvalue weighted by Gasteiger charge is 2.15. The lowest BCUT2D eigenvalue weighted by Crippen LogP contribution is -2.20. The van der Waals surface area contributed by atoms with Crippen LogP contribution < -0.4 is 9.52 Å². The molecule has 10 heteroatoms. The highest BCUT2D eigenvalue weighted by Crippen LogP contribution is 2.23. The van der Waals surface area contributed by atoms with Crippen molar-refractivity contribution in [1.29, 1.82) is 0 Å². The van der Waals surface area contributed by atoms with Crippen molar-refractivity contribution in [2.45, 2.75) is 25.3 Å². The second-order valence-electron chi connectivity index (χ2n) is 7.76. The minimum atomic E-state index is -3.78. The van der Waals surface area contributed by atoms with Crippen LogP contribution in [0.2, 0.25) is 0 Å². The molecule has 0 saturated carbocycles. The standard InChI is InChI=1S/C25H24BrN3O4S2/c1-3-33-14-13-29-22-12-9-19(26)16-23(22)34-25(29)27-24(30)18-5-4-6-20(15-18)28-35(31,32)21-10-7-17(2)8-11-21/h4-12,15-16,28H,3,13-14H2,1-2H3. The van der Waals surface area contributed by atoms with E-state index < -0.39 is 15.9 Å². The molecule has 0 unspecified atom stereocenters. The molecule has 0 saturated heterocycles. The number of nitrogens with zero attached hydrogens (tertiary/aromatic N) is 2. The van der Waals surface area contributed by atoms with E-state index in [9.17, 15) is 13.2 Å². The van der Waals surface area contributed by atoms with Gasteiger partial charge in [-0.3, -0.25) is 9.52 Å². The van der Waals surface area contributed by atoms with Crippen molar-refractivity contribution in [3.8, 4) is 0 Å². The molecular formula is C25H24BrN3O4S2. The van der Waals surface area contributed by atoms with E-state index in [0.717, 1.165) is 20.3 Å². The van der Waals surface area contributed by atoms with E-state index in [-0.39, 0.29) is 16.1 Å². The maximum absolute atomic E-state index is 13.1. The van der Waals surface area contributed by atoms with E-state index in [4.69, 9.17) is 4.74 Å². The number of fused-ring (bicyclic) bond motifs is 1. The van der Waals surface area contributed by atoms with Gasteiger partial charge in [0.1, 0.15) is 0 Å². The first-order valence-electron chi connectivity index (χ1n) is 10.9.